The lowest BCUT2D eigenvalue weighted by Gasteiger charge is -2.12. The molecule has 0 saturated carbocycles. The second-order valence-corrected chi connectivity index (χ2v) is 8.43. The number of carbonyl (C=O) groups excluding carboxylic acids is 1. The van der Waals surface area contributed by atoms with Crippen LogP contribution in [0.2, 0.25) is 0 Å². The molecule has 2 aromatic carbocycles. The summed E-state index contributed by atoms with van der Waals surface area (Å²) in [7, 11) is 0. The summed E-state index contributed by atoms with van der Waals surface area (Å²) in [5.74, 6) is 0.828. The Kier molecular flexibility index (Phi) is 7.61. The van der Waals surface area contributed by atoms with Crippen molar-refractivity contribution in [3.8, 4) is 11.5 Å². The zero-order valence-electron chi connectivity index (χ0n) is 17.3. The van der Waals surface area contributed by atoms with E-state index in [1.54, 1.807) is 24.4 Å². The van der Waals surface area contributed by atoms with Gasteiger partial charge in [0, 0.05) is 17.8 Å². The number of fused-ring (bicyclic) bond motifs is 1. The monoisotopic (exact) mass is 549 g/mol. The van der Waals surface area contributed by atoms with E-state index in [0.29, 0.717) is 51.3 Å². The maximum absolute atomic E-state index is 13.1. The van der Waals surface area contributed by atoms with Crippen molar-refractivity contribution in [2.45, 2.75) is 33.6 Å². The van der Waals surface area contributed by atoms with Crippen LogP contribution in [0.25, 0.3) is 10.9 Å². The number of hydrogen-bond donors (Lipinski definition) is 0. The first kappa shape index (κ1) is 23.1. The highest BCUT2D eigenvalue weighted by Gasteiger charge is 2.15. The first-order valence-electron chi connectivity index (χ1n) is 9.74. The summed E-state index contributed by atoms with van der Waals surface area (Å²) in [6, 6.07) is 8.85. The van der Waals surface area contributed by atoms with Gasteiger partial charge in [0.2, 0.25) is 0 Å². The van der Waals surface area contributed by atoms with Crippen LogP contribution in [0.3, 0.4) is 0 Å². The van der Waals surface area contributed by atoms with Gasteiger partial charge in [0.25, 0.3) is 5.56 Å². The summed E-state index contributed by atoms with van der Waals surface area (Å²) in [5.41, 5.74) is 1.05. The summed E-state index contributed by atoms with van der Waals surface area (Å²) in [4.78, 5) is 29.1. The standard InChI is InChI=1S/C22H21Br2N3O4/c1-4-6-20-26-18-8-7-15(23)11-16(18)22(29)27(20)25-12-14-9-17(24)21(31-13(3)28)19(10-14)30-5-2/h7-12H,4-6H2,1-3H3. The predicted molar refractivity (Wildman–Crippen MR) is 127 cm³/mol. The van der Waals surface area contributed by atoms with E-state index in [4.69, 9.17) is 9.47 Å². The predicted octanol–water partition coefficient (Wildman–Crippen LogP) is 5.08. The van der Waals surface area contributed by atoms with Crippen LogP contribution in [0.4, 0.5) is 0 Å². The van der Waals surface area contributed by atoms with E-state index >= 15 is 0 Å². The van der Waals surface area contributed by atoms with Gasteiger partial charge in [0.1, 0.15) is 5.82 Å². The highest BCUT2D eigenvalue weighted by Crippen LogP contribution is 2.36. The molecule has 7 nitrogen and oxygen atoms in total. The van der Waals surface area contributed by atoms with Gasteiger partial charge >= 0.3 is 5.97 Å². The fraction of sp³-hybridized carbons (Fsp3) is 0.273. The lowest BCUT2D eigenvalue weighted by molar-refractivity contribution is -0.132. The molecule has 0 aliphatic rings. The molecule has 0 fully saturated rings. The van der Waals surface area contributed by atoms with Crippen molar-refractivity contribution in [2.24, 2.45) is 5.10 Å². The SMILES string of the molecule is CCCc1nc2ccc(Br)cc2c(=O)n1N=Cc1cc(Br)c(OC(C)=O)c(OCC)c1. The number of halogens is 2. The Morgan fingerprint density at radius 1 is 1.23 bits per heavy atom. The first-order valence-corrected chi connectivity index (χ1v) is 11.3. The summed E-state index contributed by atoms with van der Waals surface area (Å²) >= 11 is 6.81. The Balaban J connectivity index is 2.10. The molecule has 9 heteroatoms. The fourth-order valence-electron chi connectivity index (χ4n) is 2.99. The normalized spacial score (nSPS) is 11.3. The number of benzene rings is 2. The van der Waals surface area contributed by atoms with Crippen LogP contribution < -0.4 is 15.0 Å². The molecular weight excluding hydrogens is 530 g/mol. The third-order valence-corrected chi connectivity index (χ3v) is 5.33. The van der Waals surface area contributed by atoms with Gasteiger partial charge in [0.05, 0.1) is 28.2 Å². The molecule has 0 radical (unpaired) electrons. The van der Waals surface area contributed by atoms with E-state index in [2.05, 4.69) is 41.9 Å². The zero-order valence-corrected chi connectivity index (χ0v) is 20.5. The van der Waals surface area contributed by atoms with E-state index in [1.165, 1.54) is 11.6 Å². The van der Waals surface area contributed by atoms with E-state index < -0.39 is 5.97 Å². The van der Waals surface area contributed by atoms with Gasteiger partial charge < -0.3 is 9.47 Å². The van der Waals surface area contributed by atoms with E-state index in [-0.39, 0.29) is 5.56 Å². The third kappa shape index (κ3) is 5.40. The van der Waals surface area contributed by atoms with E-state index in [1.807, 2.05) is 26.0 Å². The number of esters is 1. The van der Waals surface area contributed by atoms with Gasteiger partial charge in [-0.25, -0.2) is 4.98 Å². The summed E-state index contributed by atoms with van der Waals surface area (Å²) in [6.45, 7) is 5.57. The fourth-order valence-corrected chi connectivity index (χ4v) is 3.89. The van der Waals surface area contributed by atoms with Crippen LogP contribution in [0.15, 0.2) is 49.2 Å². The second-order valence-electron chi connectivity index (χ2n) is 6.66. The average molecular weight is 551 g/mol. The Bertz CT molecular complexity index is 1220. The van der Waals surface area contributed by atoms with Gasteiger partial charge in [-0.15, -0.1) is 0 Å². The van der Waals surface area contributed by atoms with Crippen LogP contribution in [-0.2, 0) is 11.2 Å². The number of ether oxygens (including phenoxy) is 2. The number of hydrogen-bond acceptors (Lipinski definition) is 6. The van der Waals surface area contributed by atoms with Crippen molar-refractivity contribution in [1.82, 2.24) is 9.66 Å². The van der Waals surface area contributed by atoms with Crippen molar-refractivity contribution in [1.29, 1.82) is 0 Å². The van der Waals surface area contributed by atoms with E-state index in [0.717, 1.165) is 10.9 Å². The number of nitrogens with zero attached hydrogens (tertiary/aromatic N) is 3. The largest absolute Gasteiger partial charge is 0.490 e. The van der Waals surface area contributed by atoms with Gasteiger partial charge in [-0.3, -0.25) is 9.59 Å². The maximum Gasteiger partial charge on any atom is 0.308 e. The lowest BCUT2D eigenvalue weighted by atomic mass is 10.2. The first-order chi connectivity index (χ1) is 14.8. The third-order valence-electron chi connectivity index (χ3n) is 4.25. The number of rotatable bonds is 7. The van der Waals surface area contributed by atoms with Crippen LogP contribution in [0.5, 0.6) is 11.5 Å². The van der Waals surface area contributed by atoms with Gasteiger partial charge in [0.15, 0.2) is 11.5 Å². The molecule has 1 aromatic heterocycles. The minimum absolute atomic E-state index is 0.244. The van der Waals surface area contributed by atoms with E-state index in [9.17, 15) is 9.59 Å². The molecule has 3 rings (SSSR count). The molecule has 0 N–H and O–H groups in total. The van der Waals surface area contributed by atoms with Crippen molar-refractivity contribution >= 4 is 54.9 Å². The van der Waals surface area contributed by atoms with Crippen LogP contribution in [-0.4, -0.2) is 28.5 Å². The number of aryl methyl sites for hydroxylation is 1. The minimum atomic E-state index is -0.452. The molecule has 0 atom stereocenters. The van der Waals surface area contributed by atoms with Crippen LogP contribution in [0, 0.1) is 0 Å². The molecule has 0 amide bonds. The highest BCUT2D eigenvalue weighted by molar-refractivity contribution is 9.10. The molecule has 0 unspecified atom stereocenters. The maximum atomic E-state index is 13.1. The van der Waals surface area contributed by atoms with Crippen molar-refractivity contribution < 1.29 is 14.3 Å². The van der Waals surface area contributed by atoms with Crippen molar-refractivity contribution in [3.05, 3.63) is 61.0 Å². The molecule has 0 aliphatic heterocycles. The van der Waals surface area contributed by atoms with Crippen LogP contribution >= 0.6 is 31.9 Å². The van der Waals surface area contributed by atoms with Crippen molar-refractivity contribution in [3.63, 3.8) is 0 Å². The molecule has 0 aliphatic carbocycles. The molecular formula is C22H21Br2N3O4. The zero-order chi connectivity index (χ0) is 22.5. The number of aromatic nitrogens is 2. The molecule has 0 bridgehead atoms. The van der Waals surface area contributed by atoms with Gasteiger partial charge in [-0.1, -0.05) is 22.9 Å². The Labute approximate surface area is 196 Å². The molecule has 0 saturated heterocycles. The van der Waals surface area contributed by atoms with Crippen LogP contribution in [0.1, 0.15) is 38.6 Å². The Morgan fingerprint density at radius 3 is 2.68 bits per heavy atom. The highest BCUT2D eigenvalue weighted by atomic mass is 79.9. The second kappa shape index (κ2) is 10.2. The summed E-state index contributed by atoms with van der Waals surface area (Å²) in [6.07, 6.45) is 2.98. The summed E-state index contributed by atoms with van der Waals surface area (Å²) < 4.78 is 13.5. The van der Waals surface area contributed by atoms with Crippen molar-refractivity contribution in [2.75, 3.05) is 6.61 Å². The lowest BCUT2D eigenvalue weighted by Crippen LogP contribution is -2.22. The smallest absolute Gasteiger partial charge is 0.308 e. The molecule has 3 aromatic rings. The van der Waals surface area contributed by atoms with Gasteiger partial charge in [-0.2, -0.15) is 9.78 Å². The van der Waals surface area contributed by atoms with Gasteiger partial charge in [-0.05, 0) is 65.2 Å². The Morgan fingerprint density at radius 2 is 2.00 bits per heavy atom. The molecule has 31 heavy (non-hydrogen) atoms. The number of carbonyl (C=O) groups is 1. The minimum Gasteiger partial charge on any atom is -0.490 e. The quantitative estimate of drug-likeness (QED) is 0.233. The topological polar surface area (TPSA) is 82.8 Å². The molecule has 1 heterocycles. The average Bonchev–Trinajstić information content (AvgIpc) is 2.71. The Hall–Kier alpha value is -2.52. The molecule has 0 spiro atoms. The summed E-state index contributed by atoms with van der Waals surface area (Å²) in [5, 5.41) is 4.90. The molecule has 162 valence electrons.